The second kappa shape index (κ2) is 12.7. The summed E-state index contributed by atoms with van der Waals surface area (Å²) in [5, 5.41) is 4.65. The van der Waals surface area contributed by atoms with Crippen molar-refractivity contribution in [1.82, 2.24) is 15.2 Å². The monoisotopic (exact) mass is 632 g/mol. The zero-order valence-electron chi connectivity index (χ0n) is 26.0. The average Bonchev–Trinajstić information content (AvgIpc) is 3.61. The summed E-state index contributed by atoms with van der Waals surface area (Å²) in [6.07, 6.45) is 2.44. The molecule has 2 aliphatic rings. The highest BCUT2D eigenvalue weighted by atomic mass is 35.5. The van der Waals surface area contributed by atoms with Crippen molar-refractivity contribution in [2.75, 3.05) is 38.7 Å². The van der Waals surface area contributed by atoms with Gasteiger partial charge in [-0.3, -0.25) is 4.79 Å². The fourth-order valence-corrected chi connectivity index (χ4v) is 7.45. The summed E-state index contributed by atoms with van der Waals surface area (Å²) in [7, 11) is 4.08. The molecule has 2 heterocycles. The van der Waals surface area contributed by atoms with Crippen molar-refractivity contribution in [3.05, 3.63) is 124 Å². The van der Waals surface area contributed by atoms with Gasteiger partial charge in [-0.25, -0.2) is 4.79 Å². The number of nitrogens with one attached hydrogen (secondary N) is 2. The van der Waals surface area contributed by atoms with Crippen LogP contribution in [0.15, 0.2) is 97.2 Å². The van der Waals surface area contributed by atoms with Crippen LogP contribution >= 0.6 is 11.6 Å². The molecule has 0 spiro atoms. The van der Waals surface area contributed by atoms with E-state index in [4.69, 9.17) is 16.3 Å². The van der Waals surface area contributed by atoms with E-state index in [2.05, 4.69) is 39.5 Å². The molecule has 0 unspecified atom stereocenters. The number of anilines is 1. The molecule has 0 radical (unpaired) electrons. The first-order chi connectivity index (χ1) is 22.4. The second-order valence-corrected chi connectivity index (χ2v) is 13.1. The average molecular weight is 633 g/mol. The van der Waals surface area contributed by atoms with E-state index in [0.29, 0.717) is 18.0 Å². The minimum Gasteiger partial charge on any atom is -0.449 e. The third-order valence-corrected chi connectivity index (χ3v) is 9.44. The van der Waals surface area contributed by atoms with Gasteiger partial charge in [-0.15, -0.1) is 0 Å². The van der Waals surface area contributed by atoms with Gasteiger partial charge in [-0.1, -0.05) is 78.3 Å². The first kappa shape index (κ1) is 30.1. The molecule has 1 aromatic heterocycles. The Hall–Kier alpha value is -4.59. The zero-order chi connectivity index (χ0) is 31.8. The number of para-hydroxylation sites is 1. The van der Waals surface area contributed by atoms with Crippen LogP contribution in [0.3, 0.4) is 0 Å². The van der Waals surface area contributed by atoms with Crippen LogP contribution in [-0.4, -0.2) is 61.7 Å². The summed E-state index contributed by atoms with van der Waals surface area (Å²) in [5.74, 6) is -0.0367. The Morgan fingerprint density at radius 2 is 1.67 bits per heavy atom. The number of H-pyrrole nitrogens is 1. The SMILES string of the molecule is CN(C)C[C@@H]1Cc2cc(Cl)ccc2N(C(=O)[C@@H](Cc2c[nH]c3ccccc23)NC(=O)OCC2c3ccccc3-c3ccccc32)C1. The molecule has 7 nitrogen and oxygen atoms in total. The summed E-state index contributed by atoms with van der Waals surface area (Å²) in [6, 6.07) is 29.3. The number of halogens is 1. The minimum atomic E-state index is -0.850. The van der Waals surface area contributed by atoms with E-state index in [1.165, 1.54) is 0 Å². The number of ether oxygens (including phenoxy) is 1. The molecule has 0 fully saturated rings. The molecular weight excluding hydrogens is 596 g/mol. The van der Waals surface area contributed by atoms with Gasteiger partial charge in [0.15, 0.2) is 0 Å². The summed E-state index contributed by atoms with van der Waals surface area (Å²) < 4.78 is 5.92. The molecular formula is C38H37ClN4O3. The number of rotatable bonds is 8. The maximum absolute atomic E-state index is 14.6. The predicted molar refractivity (Wildman–Crippen MR) is 184 cm³/mol. The molecule has 0 saturated carbocycles. The molecule has 0 saturated heterocycles. The number of benzene rings is 4. The molecule has 1 aliphatic carbocycles. The van der Waals surface area contributed by atoms with Gasteiger partial charge in [0.05, 0.1) is 0 Å². The number of aromatic nitrogens is 1. The quantitative estimate of drug-likeness (QED) is 0.192. The topological polar surface area (TPSA) is 77.7 Å². The Morgan fingerprint density at radius 1 is 0.978 bits per heavy atom. The fraction of sp³-hybridized carbons (Fsp3) is 0.263. The summed E-state index contributed by atoms with van der Waals surface area (Å²) >= 11 is 6.40. The van der Waals surface area contributed by atoms with Gasteiger partial charge in [0.25, 0.3) is 0 Å². The lowest BCUT2D eigenvalue weighted by Gasteiger charge is -2.37. The number of alkyl carbamates (subject to hydrolysis) is 1. The van der Waals surface area contributed by atoms with E-state index in [9.17, 15) is 9.59 Å². The van der Waals surface area contributed by atoms with Crippen molar-refractivity contribution >= 4 is 40.2 Å². The van der Waals surface area contributed by atoms with Crippen molar-refractivity contribution in [3.63, 3.8) is 0 Å². The third kappa shape index (κ3) is 5.88. The number of fused-ring (bicyclic) bond motifs is 5. The first-order valence-electron chi connectivity index (χ1n) is 15.8. The Balaban J connectivity index is 1.16. The number of carbonyl (C=O) groups excluding carboxylic acids is 2. The van der Waals surface area contributed by atoms with Gasteiger partial charge >= 0.3 is 6.09 Å². The van der Waals surface area contributed by atoms with Crippen molar-refractivity contribution in [2.45, 2.75) is 24.8 Å². The Labute approximate surface area is 274 Å². The van der Waals surface area contributed by atoms with Crippen LogP contribution in [0.4, 0.5) is 10.5 Å². The van der Waals surface area contributed by atoms with Gasteiger partial charge in [0.2, 0.25) is 5.91 Å². The maximum atomic E-state index is 14.6. The van der Waals surface area contributed by atoms with E-state index in [-0.39, 0.29) is 24.3 Å². The molecule has 2 N–H and O–H groups in total. The largest absolute Gasteiger partial charge is 0.449 e. The first-order valence-corrected chi connectivity index (χ1v) is 16.1. The molecule has 234 valence electrons. The number of hydrogen-bond donors (Lipinski definition) is 2. The Morgan fingerprint density at radius 3 is 2.41 bits per heavy atom. The van der Waals surface area contributed by atoms with Crippen molar-refractivity contribution in [2.24, 2.45) is 5.92 Å². The van der Waals surface area contributed by atoms with Gasteiger partial charge in [0.1, 0.15) is 12.6 Å². The lowest BCUT2D eigenvalue weighted by atomic mass is 9.91. The van der Waals surface area contributed by atoms with Crippen LogP contribution in [0.1, 0.15) is 28.2 Å². The number of carbonyl (C=O) groups is 2. The second-order valence-electron chi connectivity index (χ2n) is 12.6. The van der Waals surface area contributed by atoms with Crippen LogP contribution in [0.25, 0.3) is 22.0 Å². The normalized spacial score (nSPS) is 16.2. The van der Waals surface area contributed by atoms with Crippen molar-refractivity contribution in [1.29, 1.82) is 0 Å². The van der Waals surface area contributed by atoms with Gasteiger partial charge in [-0.2, -0.15) is 0 Å². The smallest absolute Gasteiger partial charge is 0.407 e. The van der Waals surface area contributed by atoms with Crippen molar-refractivity contribution in [3.8, 4) is 11.1 Å². The van der Waals surface area contributed by atoms with Gasteiger partial charge in [0, 0.05) is 53.2 Å². The highest BCUT2D eigenvalue weighted by Gasteiger charge is 2.35. The van der Waals surface area contributed by atoms with Gasteiger partial charge in [-0.05, 0) is 84.1 Å². The highest BCUT2D eigenvalue weighted by Crippen LogP contribution is 2.44. The third-order valence-electron chi connectivity index (χ3n) is 9.20. The zero-order valence-corrected chi connectivity index (χ0v) is 26.8. The molecule has 46 heavy (non-hydrogen) atoms. The number of aromatic amines is 1. The Bertz CT molecular complexity index is 1870. The molecule has 2 amide bonds. The van der Waals surface area contributed by atoms with E-state index >= 15 is 0 Å². The van der Waals surface area contributed by atoms with E-state index in [1.807, 2.05) is 91.9 Å². The summed E-state index contributed by atoms with van der Waals surface area (Å²) in [4.78, 5) is 35.4. The van der Waals surface area contributed by atoms with Gasteiger partial charge < -0.3 is 24.8 Å². The lowest BCUT2D eigenvalue weighted by Crippen LogP contribution is -2.53. The fourth-order valence-electron chi connectivity index (χ4n) is 7.25. The lowest BCUT2D eigenvalue weighted by molar-refractivity contribution is -0.120. The number of nitrogens with zero attached hydrogens (tertiary/aromatic N) is 2. The molecule has 2 atom stereocenters. The molecule has 4 aromatic carbocycles. The van der Waals surface area contributed by atoms with Crippen molar-refractivity contribution < 1.29 is 14.3 Å². The molecule has 5 aromatic rings. The van der Waals surface area contributed by atoms with Crippen LogP contribution in [0.5, 0.6) is 0 Å². The number of hydrogen-bond acceptors (Lipinski definition) is 4. The maximum Gasteiger partial charge on any atom is 0.407 e. The van der Waals surface area contributed by atoms with Crippen LogP contribution in [0, 0.1) is 5.92 Å². The molecule has 7 rings (SSSR count). The highest BCUT2D eigenvalue weighted by molar-refractivity contribution is 6.30. The standard InChI is InChI=1S/C38H37ClN4O3/c1-42(2)21-24-17-25-18-27(39)15-16-36(25)43(22-24)37(44)35(19-26-20-40-34-14-8-7-9-28(26)34)41-38(45)46-23-33-31-12-5-3-10-29(31)30-11-4-6-13-32(30)33/h3-16,18,20,24,33,35,40H,17,19,21-23H2,1-2H3,(H,41,45)/t24-,35+/m0/s1. The van der Waals surface area contributed by atoms with Crippen LogP contribution < -0.4 is 10.2 Å². The predicted octanol–water partition coefficient (Wildman–Crippen LogP) is 7.04. The van der Waals surface area contributed by atoms with Crippen LogP contribution in [-0.2, 0) is 22.4 Å². The molecule has 8 heteroatoms. The molecule has 0 bridgehead atoms. The van der Waals surface area contributed by atoms with E-state index in [1.54, 1.807) is 0 Å². The molecule has 1 aliphatic heterocycles. The summed E-state index contributed by atoms with van der Waals surface area (Å²) in [6.45, 7) is 1.54. The Kier molecular flexibility index (Phi) is 8.28. The van der Waals surface area contributed by atoms with Crippen LogP contribution in [0.2, 0.25) is 5.02 Å². The number of amides is 2. The minimum absolute atomic E-state index is 0.0774. The van der Waals surface area contributed by atoms with E-state index < -0.39 is 12.1 Å². The summed E-state index contributed by atoms with van der Waals surface area (Å²) in [5.41, 5.74) is 8.40. The van der Waals surface area contributed by atoms with E-state index in [0.717, 1.165) is 62.9 Å².